The van der Waals surface area contributed by atoms with Gasteiger partial charge < -0.3 is 16.4 Å². The first kappa shape index (κ1) is 19.8. The lowest BCUT2D eigenvalue weighted by Gasteiger charge is -2.20. The van der Waals surface area contributed by atoms with Crippen LogP contribution in [0.5, 0.6) is 0 Å². The average molecular weight is 403 g/mol. The van der Waals surface area contributed by atoms with E-state index < -0.39 is 17.6 Å². The molecule has 0 saturated heterocycles. The molecule has 0 aliphatic heterocycles. The van der Waals surface area contributed by atoms with Crippen LogP contribution in [0.4, 0.5) is 10.1 Å². The van der Waals surface area contributed by atoms with E-state index >= 15 is 0 Å². The second kappa shape index (κ2) is 8.39. The second-order valence-electron chi connectivity index (χ2n) is 6.68. The molecule has 0 radical (unpaired) electrons. The van der Waals surface area contributed by atoms with Crippen molar-refractivity contribution in [1.29, 1.82) is 0 Å². The number of rotatable bonds is 4. The molecule has 2 unspecified atom stereocenters. The SMILES string of the molecule is CC(N)=NCC1Cc2ccccc2C1NC(=O)C(=O)Nc1ccc(Cl)c(F)c1. The van der Waals surface area contributed by atoms with Gasteiger partial charge in [-0.25, -0.2) is 4.39 Å². The van der Waals surface area contributed by atoms with Crippen LogP contribution in [-0.4, -0.2) is 24.2 Å². The lowest BCUT2D eigenvalue weighted by atomic mass is 10.0. The highest BCUT2D eigenvalue weighted by atomic mass is 35.5. The van der Waals surface area contributed by atoms with Crippen LogP contribution in [0, 0.1) is 11.7 Å². The van der Waals surface area contributed by atoms with Gasteiger partial charge in [-0.3, -0.25) is 14.6 Å². The number of nitrogens with zero attached hydrogens (tertiary/aromatic N) is 1. The van der Waals surface area contributed by atoms with Gasteiger partial charge in [0, 0.05) is 18.2 Å². The van der Waals surface area contributed by atoms with Gasteiger partial charge in [0.1, 0.15) is 5.82 Å². The quantitative estimate of drug-likeness (QED) is 0.416. The number of halogens is 2. The third kappa shape index (κ3) is 4.48. The van der Waals surface area contributed by atoms with Crippen molar-refractivity contribution in [3.63, 3.8) is 0 Å². The molecular formula is C20H20ClFN4O2. The lowest BCUT2D eigenvalue weighted by molar-refractivity contribution is -0.136. The Morgan fingerprint density at radius 2 is 2.00 bits per heavy atom. The van der Waals surface area contributed by atoms with E-state index in [-0.39, 0.29) is 22.7 Å². The van der Waals surface area contributed by atoms with Crippen molar-refractivity contribution in [3.8, 4) is 0 Å². The Bertz CT molecular complexity index is 944. The van der Waals surface area contributed by atoms with E-state index in [1.807, 2.05) is 24.3 Å². The van der Waals surface area contributed by atoms with Gasteiger partial charge in [-0.2, -0.15) is 0 Å². The van der Waals surface area contributed by atoms with Gasteiger partial charge in [0.25, 0.3) is 0 Å². The van der Waals surface area contributed by atoms with Gasteiger partial charge >= 0.3 is 11.8 Å². The van der Waals surface area contributed by atoms with E-state index in [2.05, 4.69) is 15.6 Å². The molecule has 1 aliphatic carbocycles. The zero-order chi connectivity index (χ0) is 20.3. The van der Waals surface area contributed by atoms with E-state index in [9.17, 15) is 14.0 Å². The first-order chi connectivity index (χ1) is 13.3. The summed E-state index contributed by atoms with van der Waals surface area (Å²) in [6.07, 6.45) is 0.724. The summed E-state index contributed by atoms with van der Waals surface area (Å²) in [5, 5.41) is 5.08. The fourth-order valence-electron chi connectivity index (χ4n) is 3.27. The number of nitrogens with one attached hydrogen (secondary N) is 2. The summed E-state index contributed by atoms with van der Waals surface area (Å²) < 4.78 is 13.5. The molecule has 0 saturated carbocycles. The van der Waals surface area contributed by atoms with E-state index in [1.165, 1.54) is 12.1 Å². The van der Waals surface area contributed by atoms with Crippen molar-refractivity contribution in [2.75, 3.05) is 11.9 Å². The molecule has 3 rings (SSSR count). The number of carbonyl (C=O) groups excluding carboxylic acids is 2. The second-order valence-corrected chi connectivity index (χ2v) is 7.09. The molecular weight excluding hydrogens is 383 g/mol. The molecule has 8 heteroatoms. The number of hydrogen-bond acceptors (Lipinski definition) is 3. The molecule has 4 N–H and O–H groups in total. The summed E-state index contributed by atoms with van der Waals surface area (Å²) in [5.41, 5.74) is 7.84. The van der Waals surface area contributed by atoms with Crippen molar-refractivity contribution in [2.45, 2.75) is 19.4 Å². The zero-order valence-corrected chi connectivity index (χ0v) is 16.0. The lowest BCUT2D eigenvalue weighted by Crippen LogP contribution is -2.40. The third-order valence-corrected chi connectivity index (χ3v) is 4.90. The summed E-state index contributed by atoms with van der Waals surface area (Å²) in [5.74, 6) is -1.93. The predicted octanol–water partition coefficient (Wildman–Crippen LogP) is 2.82. The molecule has 2 atom stereocenters. The van der Waals surface area contributed by atoms with Gasteiger partial charge in [0.15, 0.2) is 0 Å². The van der Waals surface area contributed by atoms with E-state index in [4.69, 9.17) is 17.3 Å². The Morgan fingerprint density at radius 3 is 2.71 bits per heavy atom. The molecule has 0 aromatic heterocycles. The topological polar surface area (TPSA) is 96.6 Å². The minimum absolute atomic E-state index is 0.0133. The molecule has 0 fully saturated rings. The molecule has 1 aliphatic rings. The average Bonchev–Trinajstić information content (AvgIpc) is 3.00. The Kier molecular flexibility index (Phi) is 5.94. The largest absolute Gasteiger partial charge is 0.388 e. The molecule has 2 aromatic rings. The van der Waals surface area contributed by atoms with Gasteiger partial charge in [0.2, 0.25) is 0 Å². The van der Waals surface area contributed by atoms with Crippen molar-refractivity contribution in [1.82, 2.24) is 5.32 Å². The smallest absolute Gasteiger partial charge is 0.313 e. The van der Waals surface area contributed by atoms with Gasteiger partial charge in [0.05, 0.1) is 16.9 Å². The minimum Gasteiger partial charge on any atom is -0.388 e. The van der Waals surface area contributed by atoms with Crippen LogP contribution in [0.3, 0.4) is 0 Å². The fraction of sp³-hybridized carbons (Fsp3) is 0.250. The Labute approximate surface area is 167 Å². The van der Waals surface area contributed by atoms with E-state index in [0.717, 1.165) is 23.6 Å². The monoisotopic (exact) mass is 402 g/mol. The summed E-state index contributed by atoms with van der Waals surface area (Å²) in [6.45, 7) is 2.14. The normalized spacial score (nSPS) is 18.5. The van der Waals surface area contributed by atoms with Crippen molar-refractivity contribution >= 4 is 34.9 Å². The van der Waals surface area contributed by atoms with Crippen LogP contribution in [0.2, 0.25) is 5.02 Å². The van der Waals surface area contributed by atoms with Crippen LogP contribution in [0.1, 0.15) is 24.1 Å². The Balaban J connectivity index is 1.73. The highest BCUT2D eigenvalue weighted by Gasteiger charge is 2.34. The van der Waals surface area contributed by atoms with Crippen molar-refractivity contribution < 1.29 is 14.0 Å². The molecule has 2 aromatic carbocycles. The first-order valence-corrected chi connectivity index (χ1v) is 9.14. The maximum absolute atomic E-state index is 13.5. The molecule has 0 spiro atoms. The number of hydrogen-bond donors (Lipinski definition) is 3. The van der Waals surface area contributed by atoms with Gasteiger partial charge in [-0.15, -0.1) is 0 Å². The summed E-state index contributed by atoms with van der Waals surface area (Å²) in [4.78, 5) is 29.0. The van der Waals surface area contributed by atoms with Crippen molar-refractivity contribution in [3.05, 3.63) is 64.4 Å². The van der Waals surface area contributed by atoms with Crippen LogP contribution < -0.4 is 16.4 Å². The summed E-state index contributed by atoms with van der Waals surface area (Å²) >= 11 is 5.62. The minimum atomic E-state index is -0.886. The number of amides is 2. The predicted molar refractivity (Wildman–Crippen MR) is 107 cm³/mol. The highest BCUT2D eigenvalue weighted by Crippen LogP contribution is 2.36. The maximum atomic E-state index is 13.5. The molecule has 0 bridgehead atoms. The standard InChI is InChI=1S/C20H20ClFN4O2/c1-11(23)24-10-13-8-12-4-2-3-5-15(12)18(13)26-20(28)19(27)25-14-6-7-16(21)17(22)9-14/h2-7,9,13,18H,8,10H2,1H3,(H2,23,24)(H,25,27)(H,26,28). The van der Waals surface area contributed by atoms with Gasteiger partial charge in [-0.05, 0) is 42.7 Å². The van der Waals surface area contributed by atoms with Crippen LogP contribution in [0.15, 0.2) is 47.5 Å². The number of amidine groups is 1. The Morgan fingerprint density at radius 1 is 1.25 bits per heavy atom. The van der Waals surface area contributed by atoms with Gasteiger partial charge in [-0.1, -0.05) is 35.9 Å². The van der Waals surface area contributed by atoms with Crippen LogP contribution in [-0.2, 0) is 16.0 Å². The maximum Gasteiger partial charge on any atom is 0.313 e. The number of benzene rings is 2. The molecule has 0 heterocycles. The molecule has 146 valence electrons. The van der Waals surface area contributed by atoms with Crippen LogP contribution >= 0.6 is 11.6 Å². The number of nitrogens with two attached hydrogens (primary N) is 1. The van der Waals surface area contributed by atoms with Crippen molar-refractivity contribution in [2.24, 2.45) is 16.6 Å². The third-order valence-electron chi connectivity index (χ3n) is 4.59. The Hall–Kier alpha value is -2.93. The molecule has 6 nitrogen and oxygen atoms in total. The number of anilines is 1. The fourth-order valence-corrected chi connectivity index (χ4v) is 3.39. The van der Waals surface area contributed by atoms with Crippen LogP contribution in [0.25, 0.3) is 0 Å². The number of carbonyl (C=O) groups is 2. The van der Waals surface area contributed by atoms with E-state index in [1.54, 1.807) is 6.92 Å². The first-order valence-electron chi connectivity index (χ1n) is 8.76. The summed E-state index contributed by atoms with van der Waals surface area (Å²) in [6, 6.07) is 11.1. The molecule has 28 heavy (non-hydrogen) atoms. The zero-order valence-electron chi connectivity index (χ0n) is 15.2. The number of fused-ring (bicyclic) bond motifs is 1. The highest BCUT2D eigenvalue weighted by molar-refractivity contribution is 6.39. The summed E-state index contributed by atoms with van der Waals surface area (Å²) in [7, 11) is 0. The number of aliphatic imine (C=N–C) groups is 1. The molecule has 2 amide bonds. The van der Waals surface area contributed by atoms with E-state index in [0.29, 0.717) is 12.4 Å².